The first-order valence-electron chi connectivity index (χ1n) is 7.15. The van der Waals surface area contributed by atoms with E-state index in [4.69, 9.17) is 10.4 Å². The molecule has 3 N–H and O–H groups in total. The van der Waals surface area contributed by atoms with Crippen LogP contribution in [0.5, 0.6) is 0 Å². The molecular formula is C15H10N8O. The Hall–Kier alpha value is -3.75. The van der Waals surface area contributed by atoms with Crippen LogP contribution in [0.4, 0.5) is 5.82 Å². The standard InChI is InChI=1S/C15H10N8O/c16-14-13(21-24-22-14)15-19-11-7-17-4-3-12(11)23(15)9-1-2-10-8(5-9)6-18-20-10/h1-7H,(H2,16,22)(H,18,20). The molecule has 0 aliphatic carbocycles. The molecule has 116 valence electrons. The summed E-state index contributed by atoms with van der Waals surface area (Å²) in [5, 5.41) is 15.5. The molecule has 0 spiro atoms. The van der Waals surface area contributed by atoms with Crippen LogP contribution in [0.3, 0.4) is 0 Å². The molecule has 9 nitrogen and oxygen atoms in total. The van der Waals surface area contributed by atoms with Gasteiger partial charge < -0.3 is 5.73 Å². The SMILES string of the molecule is Nc1nonc1-c1nc2cnccc2n1-c1ccc2[nH]ncc2c1. The van der Waals surface area contributed by atoms with E-state index in [1.165, 1.54) is 0 Å². The van der Waals surface area contributed by atoms with Crippen molar-refractivity contribution in [2.45, 2.75) is 0 Å². The second-order valence-corrected chi connectivity index (χ2v) is 5.27. The summed E-state index contributed by atoms with van der Waals surface area (Å²) in [7, 11) is 0. The van der Waals surface area contributed by atoms with E-state index in [2.05, 4.69) is 30.5 Å². The molecule has 4 heterocycles. The number of H-pyrrole nitrogens is 1. The van der Waals surface area contributed by atoms with E-state index in [-0.39, 0.29) is 5.82 Å². The number of pyridine rings is 1. The van der Waals surface area contributed by atoms with Gasteiger partial charge in [0.2, 0.25) is 0 Å². The summed E-state index contributed by atoms with van der Waals surface area (Å²) in [6, 6.07) is 7.82. The van der Waals surface area contributed by atoms with Crippen LogP contribution in [0.1, 0.15) is 0 Å². The molecule has 5 rings (SSSR count). The molecule has 0 saturated carbocycles. The third kappa shape index (κ3) is 1.72. The average Bonchev–Trinajstić information content (AvgIpc) is 3.30. The summed E-state index contributed by atoms with van der Waals surface area (Å²) >= 11 is 0. The minimum absolute atomic E-state index is 0.184. The van der Waals surface area contributed by atoms with Crippen LogP contribution in [-0.4, -0.2) is 35.0 Å². The number of aromatic nitrogens is 7. The van der Waals surface area contributed by atoms with Gasteiger partial charge in [-0.15, -0.1) is 0 Å². The highest BCUT2D eigenvalue weighted by atomic mass is 16.6. The Morgan fingerprint density at radius 3 is 2.96 bits per heavy atom. The molecule has 9 heteroatoms. The van der Waals surface area contributed by atoms with E-state index in [0.29, 0.717) is 11.5 Å². The molecule has 0 aliphatic heterocycles. The fourth-order valence-corrected chi connectivity index (χ4v) is 2.77. The van der Waals surface area contributed by atoms with E-state index in [1.54, 1.807) is 18.6 Å². The van der Waals surface area contributed by atoms with Gasteiger partial charge in [0.05, 0.1) is 23.4 Å². The normalized spacial score (nSPS) is 11.5. The number of imidazole rings is 1. The third-order valence-corrected chi connectivity index (χ3v) is 3.86. The number of fused-ring (bicyclic) bond motifs is 2. The summed E-state index contributed by atoms with van der Waals surface area (Å²) in [6.45, 7) is 0. The molecular weight excluding hydrogens is 308 g/mol. The largest absolute Gasteiger partial charge is 0.379 e. The highest BCUT2D eigenvalue weighted by Gasteiger charge is 2.20. The van der Waals surface area contributed by atoms with Gasteiger partial charge in [0.1, 0.15) is 5.52 Å². The van der Waals surface area contributed by atoms with Crippen LogP contribution in [-0.2, 0) is 0 Å². The molecule has 1 aromatic carbocycles. The number of nitrogens with one attached hydrogen (secondary N) is 1. The number of anilines is 1. The molecule has 4 aromatic heterocycles. The lowest BCUT2D eigenvalue weighted by Crippen LogP contribution is -1.99. The Balaban J connectivity index is 1.87. The van der Waals surface area contributed by atoms with Crippen molar-refractivity contribution in [1.29, 1.82) is 0 Å². The Morgan fingerprint density at radius 2 is 2.08 bits per heavy atom. The van der Waals surface area contributed by atoms with Gasteiger partial charge in [-0.25, -0.2) is 9.61 Å². The van der Waals surface area contributed by atoms with Gasteiger partial charge in [-0.3, -0.25) is 14.6 Å². The number of rotatable bonds is 2. The lowest BCUT2D eigenvalue weighted by Gasteiger charge is -2.08. The number of aromatic amines is 1. The summed E-state index contributed by atoms with van der Waals surface area (Å²) < 4.78 is 6.68. The summed E-state index contributed by atoms with van der Waals surface area (Å²) in [5.74, 6) is 0.725. The van der Waals surface area contributed by atoms with Crippen molar-refractivity contribution in [3.63, 3.8) is 0 Å². The number of benzene rings is 1. The van der Waals surface area contributed by atoms with Gasteiger partial charge in [-0.2, -0.15) is 5.10 Å². The second-order valence-electron chi connectivity index (χ2n) is 5.27. The minimum atomic E-state index is 0.184. The molecule has 0 aliphatic rings. The maximum absolute atomic E-state index is 5.86. The molecule has 0 saturated heterocycles. The van der Waals surface area contributed by atoms with Crippen molar-refractivity contribution in [3.05, 3.63) is 42.9 Å². The molecule has 0 amide bonds. The Kier molecular flexibility index (Phi) is 2.46. The third-order valence-electron chi connectivity index (χ3n) is 3.86. The van der Waals surface area contributed by atoms with E-state index < -0.39 is 0 Å². The number of nitrogens with zero attached hydrogens (tertiary/aromatic N) is 6. The zero-order chi connectivity index (χ0) is 16.1. The first-order valence-corrected chi connectivity index (χ1v) is 7.15. The summed E-state index contributed by atoms with van der Waals surface area (Å²) in [4.78, 5) is 8.72. The number of hydrogen-bond donors (Lipinski definition) is 2. The molecule has 0 bridgehead atoms. The average molecular weight is 318 g/mol. The topological polar surface area (TPSA) is 124 Å². The molecule has 0 radical (unpaired) electrons. The molecule has 24 heavy (non-hydrogen) atoms. The smallest absolute Gasteiger partial charge is 0.199 e. The van der Waals surface area contributed by atoms with Crippen LogP contribution in [0, 0.1) is 0 Å². The fraction of sp³-hybridized carbons (Fsp3) is 0. The van der Waals surface area contributed by atoms with E-state index in [1.807, 2.05) is 28.8 Å². The van der Waals surface area contributed by atoms with Crippen LogP contribution < -0.4 is 5.73 Å². The van der Waals surface area contributed by atoms with Crippen molar-refractivity contribution >= 4 is 27.8 Å². The predicted molar refractivity (Wildman–Crippen MR) is 86.2 cm³/mol. The predicted octanol–water partition coefficient (Wildman–Crippen LogP) is 1.93. The van der Waals surface area contributed by atoms with Crippen molar-refractivity contribution in [2.75, 3.05) is 5.73 Å². The Labute approximate surface area is 134 Å². The summed E-state index contributed by atoms with van der Waals surface area (Å²) in [5.41, 5.74) is 9.71. The Morgan fingerprint density at radius 1 is 1.12 bits per heavy atom. The molecule has 5 aromatic rings. The van der Waals surface area contributed by atoms with Crippen LogP contribution in [0.25, 0.3) is 39.1 Å². The van der Waals surface area contributed by atoms with E-state index in [9.17, 15) is 0 Å². The zero-order valence-corrected chi connectivity index (χ0v) is 12.2. The first kappa shape index (κ1) is 12.8. The van der Waals surface area contributed by atoms with Gasteiger partial charge in [-0.05, 0) is 34.6 Å². The fourth-order valence-electron chi connectivity index (χ4n) is 2.77. The highest BCUT2D eigenvalue weighted by Crippen LogP contribution is 2.30. The lowest BCUT2D eigenvalue weighted by atomic mass is 10.2. The second kappa shape index (κ2) is 4.62. The van der Waals surface area contributed by atoms with Crippen molar-refractivity contribution in [1.82, 2.24) is 35.0 Å². The molecule has 0 unspecified atom stereocenters. The number of nitrogen functional groups attached to an aromatic ring is 1. The van der Waals surface area contributed by atoms with Gasteiger partial charge >= 0.3 is 0 Å². The van der Waals surface area contributed by atoms with Crippen molar-refractivity contribution < 1.29 is 4.63 Å². The minimum Gasteiger partial charge on any atom is -0.379 e. The highest BCUT2D eigenvalue weighted by molar-refractivity contribution is 5.86. The monoisotopic (exact) mass is 318 g/mol. The van der Waals surface area contributed by atoms with E-state index >= 15 is 0 Å². The maximum Gasteiger partial charge on any atom is 0.199 e. The lowest BCUT2D eigenvalue weighted by molar-refractivity contribution is 0.310. The van der Waals surface area contributed by atoms with Crippen LogP contribution in [0.2, 0.25) is 0 Å². The number of hydrogen-bond acceptors (Lipinski definition) is 7. The van der Waals surface area contributed by atoms with Gasteiger partial charge in [-0.1, -0.05) is 0 Å². The first-order chi connectivity index (χ1) is 11.8. The van der Waals surface area contributed by atoms with Gasteiger partial charge in [0.15, 0.2) is 17.3 Å². The van der Waals surface area contributed by atoms with Gasteiger partial charge in [0.25, 0.3) is 0 Å². The quantitative estimate of drug-likeness (QED) is 0.509. The zero-order valence-electron chi connectivity index (χ0n) is 12.2. The molecule has 0 fully saturated rings. The maximum atomic E-state index is 5.86. The number of nitrogens with two attached hydrogens (primary N) is 1. The Bertz CT molecular complexity index is 1180. The summed E-state index contributed by atoms with van der Waals surface area (Å²) in [6.07, 6.45) is 5.17. The molecule has 0 atom stereocenters. The van der Waals surface area contributed by atoms with Gasteiger partial charge in [0, 0.05) is 17.3 Å². The van der Waals surface area contributed by atoms with Crippen LogP contribution in [0.15, 0.2) is 47.5 Å². The van der Waals surface area contributed by atoms with Crippen molar-refractivity contribution in [3.8, 4) is 17.2 Å². The van der Waals surface area contributed by atoms with Crippen molar-refractivity contribution in [2.24, 2.45) is 0 Å². The van der Waals surface area contributed by atoms with Crippen LogP contribution >= 0.6 is 0 Å². The van der Waals surface area contributed by atoms with E-state index in [0.717, 1.165) is 27.6 Å².